The number of nitrogens with one attached hydrogen (secondary N) is 1. The lowest BCUT2D eigenvalue weighted by Gasteiger charge is -2.07. The van der Waals surface area contributed by atoms with Gasteiger partial charge in [-0.3, -0.25) is 9.59 Å². The first kappa shape index (κ1) is 17.8. The number of carbonyl (C=O) groups excluding carboxylic acids is 1. The Bertz CT molecular complexity index is 470. The molecule has 0 bridgehead atoms. The normalized spacial score (nSPS) is 10.1. The van der Waals surface area contributed by atoms with Gasteiger partial charge in [0.05, 0.1) is 12.4 Å². The van der Waals surface area contributed by atoms with Crippen molar-refractivity contribution >= 4 is 39.6 Å². The molecule has 0 aromatic heterocycles. The van der Waals surface area contributed by atoms with Gasteiger partial charge in [0.1, 0.15) is 5.75 Å². The minimum atomic E-state index is -0.837. The number of amides is 1. The van der Waals surface area contributed by atoms with Gasteiger partial charge in [-0.25, -0.2) is 0 Å². The summed E-state index contributed by atoms with van der Waals surface area (Å²) in [5, 5.41) is 11.2. The molecular formula is C14H18BrNO4S. The third-order valence-corrected chi connectivity index (χ3v) is 3.84. The quantitative estimate of drug-likeness (QED) is 0.614. The van der Waals surface area contributed by atoms with E-state index >= 15 is 0 Å². The molecule has 0 spiro atoms. The predicted octanol–water partition coefficient (Wildman–Crippen LogP) is 2.54. The Labute approximate surface area is 136 Å². The Morgan fingerprint density at radius 1 is 1.38 bits per heavy atom. The highest BCUT2D eigenvalue weighted by molar-refractivity contribution is 9.10. The zero-order valence-electron chi connectivity index (χ0n) is 11.5. The molecular weight excluding hydrogens is 358 g/mol. The van der Waals surface area contributed by atoms with Gasteiger partial charge in [0.25, 0.3) is 0 Å². The number of thioether (sulfide) groups is 1. The van der Waals surface area contributed by atoms with E-state index in [-0.39, 0.29) is 11.7 Å². The zero-order valence-corrected chi connectivity index (χ0v) is 13.9. The first-order valence-corrected chi connectivity index (χ1v) is 8.47. The first-order chi connectivity index (χ1) is 10.1. The fraction of sp³-hybridized carbons (Fsp3) is 0.429. The monoisotopic (exact) mass is 375 g/mol. The maximum absolute atomic E-state index is 11.5. The summed E-state index contributed by atoms with van der Waals surface area (Å²) in [5.41, 5.74) is 0. The summed E-state index contributed by atoms with van der Waals surface area (Å²) in [6, 6.07) is 7.55. The molecule has 0 aliphatic heterocycles. The van der Waals surface area contributed by atoms with E-state index in [9.17, 15) is 9.59 Å². The van der Waals surface area contributed by atoms with Gasteiger partial charge in [-0.05, 0) is 24.6 Å². The molecule has 0 fully saturated rings. The fourth-order valence-electron chi connectivity index (χ4n) is 1.49. The van der Waals surface area contributed by atoms with E-state index in [4.69, 9.17) is 9.84 Å². The van der Waals surface area contributed by atoms with Crippen molar-refractivity contribution in [2.45, 2.75) is 12.8 Å². The lowest BCUT2D eigenvalue weighted by atomic mass is 10.3. The van der Waals surface area contributed by atoms with Crippen LogP contribution in [0.5, 0.6) is 5.75 Å². The number of halogens is 1. The van der Waals surface area contributed by atoms with Crippen LogP contribution in [0.1, 0.15) is 12.8 Å². The number of ether oxygens (including phenoxy) is 1. The summed E-state index contributed by atoms with van der Waals surface area (Å²) >= 11 is 4.65. The molecule has 0 unspecified atom stereocenters. The smallest absolute Gasteiger partial charge is 0.313 e. The van der Waals surface area contributed by atoms with E-state index in [2.05, 4.69) is 21.2 Å². The molecule has 116 valence electrons. The largest absolute Gasteiger partial charge is 0.494 e. The van der Waals surface area contributed by atoms with Crippen LogP contribution in [0.25, 0.3) is 0 Å². The molecule has 0 aliphatic rings. The molecule has 5 nitrogen and oxygen atoms in total. The van der Waals surface area contributed by atoms with Crippen molar-refractivity contribution in [3.8, 4) is 5.75 Å². The van der Waals surface area contributed by atoms with Crippen molar-refractivity contribution < 1.29 is 19.4 Å². The first-order valence-electron chi connectivity index (χ1n) is 6.52. The van der Waals surface area contributed by atoms with E-state index in [0.717, 1.165) is 10.2 Å². The Kier molecular flexibility index (Phi) is 8.93. The topological polar surface area (TPSA) is 75.6 Å². The van der Waals surface area contributed by atoms with Gasteiger partial charge in [0, 0.05) is 23.2 Å². The molecule has 2 N–H and O–H groups in total. The summed E-state index contributed by atoms with van der Waals surface area (Å²) in [7, 11) is 0. The third-order valence-electron chi connectivity index (χ3n) is 2.41. The number of carboxylic acid groups (broad SMARTS) is 1. The molecule has 21 heavy (non-hydrogen) atoms. The van der Waals surface area contributed by atoms with E-state index in [1.165, 1.54) is 11.8 Å². The number of hydrogen-bond donors (Lipinski definition) is 2. The van der Waals surface area contributed by atoms with Gasteiger partial charge >= 0.3 is 5.97 Å². The number of carbonyl (C=O) groups is 2. The van der Waals surface area contributed by atoms with Crippen LogP contribution < -0.4 is 10.1 Å². The lowest BCUT2D eigenvalue weighted by molar-refractivity contribution is -0.133. The zero-order chi connectivity index (χ0) is 15.5. The second kappa shape index (κ2) is 10.5. The minimum absolute atomic E-state index is 0.0382. The van der Waals surface area contributed by atoms with Crippen LogP contribution in [0.4, 0.5) is 0 Å². The third kappa shape index (κ3) is 9.36. The lowest BCUT2D eigenvalue weighted by Crippen LogP contribution is -2.26. The van der Waals surface area contributed by atoms with Gasteiger partial charge in [0.15, 0.2) is 0 Å². The van der Waals surface area contributed by atoms with Crippen LogP contribution in [-0.2, 0) is 9.59 Å². The second-order valence-electron chi connectivity index (χ2n) is 4.21. The molecule has 0 aliphatic carbocycles. The average Bonchev–Trinajstić information content (AvgIpc) is 2.43. The Balaban J connectivity index is 2.02. The molecule has 0 saturated heterocycles. The molecule has 7 heteroatoms. The van der Waals surface area contributed by atoms with Gasteiger partial charge in [-0.2, -0.15) is 0 Å². The summed E-state index contributed by atoms with van der Waals surface area (Å²) in [6.07, 6.45) is 1.04. The molecule has 0 atom stereocenters. The van der Waals surface area contributed by atoms with Crippen LogP contribution >= 0.6 is 27.7 Å². The van der Waals surface area contributed by atoms with Crippen molar-refractivity contribution in [2.75, 3.05) is 24.7 Å². The highest BCUT2D eigenvalue weighted by Crippen LogP contribution is 2.17. The van der Waals surface area contributed by atoms with Gasteiger partial charge in [0.2, 0.25) is 5.91 Å². The average molecular weight is 376 g/mol. The van der Waals surface area contributed by atoms with Crippen LogP contribution in [0, 0.1) is 0 Å². The van der Waals surface area contributed by atoms with E-state index in [1.54, 1.807) is 0 Å². The van der Waals surface area contributed by atoms with E-state index in [1.807, 2.05) is 24.3 Å². The van der Waals surface area contributed by atoms with Gasteiger partial charge in [-0.1, -0.05) is 22.0 Å². The van der Waals surface area contributed by atoms with E-state index < -0.39 is 5.97 Å². The highest BCUT2D eigenvalue weighted by atomic mass is 79.9. The number of rotatable bonds is 10. The fourth-order valence-corrected chi connectivity index (χ4v) is 2.43. The number of carboxylic acids is 1. The summed E-state index contributed by atoms with van der Waals surface area (Å²) in [4.78, 5) is 21.8. The van der Waals surface area contributed by atoms with Gasteiger partial charge < -0.3 is 15.2 Å². The maximum atomic E-state index is 11.5. The number of benzene rings is 1. The van der Waals surface area contributed by atoms with Crippen molar-refractivity contribution in [1.29, 1.82) is 0 Å². The van der Waals surface area contributed by atoms with Crippen LogP contribution in [0.2, 0.25) is 0 Å². The summed E-state index contributed by atoms with van der Waals surface area (Å²) in [5.74, 6) is 0.567. The standard InChI is InChI=1S/C14H18BrNO4S/c15-11-3-1-4-12(9-11)20-7-2-5-13(17)16-6-8-21-10-14(18)19/h1,3-4,9H,2,5-8,10H2,(H,16,17)(H,18,19). The minimum Gasteiger partial charge on any atom is -0.494 e. The van der Waals surface area contributed by atoms with E-state index in [0.29, 0.717) is 31.7 Å². The summed E-state index contributed by atoms with van der Waals surface area (Å²) < 4.78 is 6.48. The second-order valence-corrected chi connectivity index (χ2v) is 6.23. The molecule has 1 aromatic rings. The summed E-state index contributed by atoms with van der Waals surface area (Å²) in [6.45, 7) is 0.973. The predicted molar refractivity (Wildman–Crippen MR) is 86.8 cm³/mol. The van der Waals surface area contributed by atoms with Crippen LogP contribution in [0.15, 0.2) is 28.7 Å². The Hall–Kier alpha value is -1.21. The molecule has 1 aromatic carbocycles. The Morgan fingerprint density at radius 2 is 2.19 bits per heavy atom. The number of aliphatic carboxylic acids is 1. The SMILES string of the molecule is O=C(O)CSCCNC(=O)CCCOc1cccc(Br)c1. The maximum Gasteiger partial charge on any atom is 0.313 e. The highest BCUT2D eigenvalue weighted by Gasteiger charge is 2.02. The Morgan fingerprint density at radius 3 is 2.90 bits per heavy atom. The van der Waals surface area contributed by atoms with Gasteiger partial charge in [-0.15, -0.1) is 11.8 Å². The molecule has 0 radical (unpaired) electrons. The van der Waals surface area contributed by atoms with Crippen LogP contribution in [-0.4, -0.2) is 41.6 Å². The van der Waals surface area contributed by atoms with Crippen molar-refractivity contribution in [1.82, 2.24) is 5.32 Å². The van der Waals surface area contributed by atoms with Crippen molar-refractivity contribution in [2.24, 2.45) is 0 Å². The number of hydrogen-bond acceptors (Lipinski definition) is 4. The van der Waals surface area contributed by atoms with Crippen molar-refractivity contribution in [3.63, 3.8) is 0 Å². The van der Waals surface area contributed by atoms with Crippen molar-refractivity contribution in [3.05, 3.63) is 28.7 Å². The molecule has 1 amide bonds. The van der Waals surface area contributed by atoms with Crippen LogP contribution in [0.3, 0.4) is 0 Å². The molecule has 1 rings (SSSR count). The molecule has 0 heterocycles. The molecule has 0 saturated carbocycles.